The normalized spacial score (nSPS) is 12.8. The molecule has 1 rings (SSSR count). The van der Waals surface area contributed by atoms with Crippen LogP contribution in [-0.2, 0) is 6.54 Å². The molecule has 1 aromatic carbocycles. The first-order valence-electron chi connectivity index (χ1n) is 5.60. The molecule has 0 amide bonds. The molecule has 0 radical (unpaired) electrons. The molecule has 1 unspecified atom stereocenters. The van der Waals surface area contributed by atoms with Crippen LogP contribution in [-0.4, -0.2) is 13.1 Å². The summed E-state index contributed by atoms with van der Waals surface area (Å²) < 4.78 is 0. The minimum Gasteiger partial charge on any atom is -0.330 e. The van der Waals surface area contributed by atoms with Crippen molar-refractivity contribution in [1.82, 2.24) is 5.32 Å². The average molecular weight is 206 g/mol. The molecular weight excluding hydrogens is 184 g/mol. The SMILES string of the molecule is Cc1ccc(C)c(CNCC(C)CN)c1. The van der Waals surface area contributed by atoms with Crippen LogP contribution in [0, 0.1) is 19.8 Å². The standard InChI is InChI=1S/C13H22N2/c1-10-4-5-12(3)13(6-10)9-15-8-11(2)7-14/h4-6,11,15H,7-9,14H2,1-3H3. The summed E-state index contributed by atoms with van der Waals surface area (Å²) in [6, 6.07) is 6.58. The van der Waals surface area contributed by atoms with Gasteiger partial charge in [0.25, 0.3) is 0 Å². The van der Waals surface area contributed by atoms with E-state index in [0.29, 0.717) is 5.92 Å². The van der Waals surface area contributed by atoms with E-state index in [1.807, 2.05) is 0 Å². The third-order valence-electron chi connectivity index (χ3n) is 2.72. The van der Waals surface area contributed by atoms with E-state index in [9.17, 15) is 0 Å². The van der Waals surface area contributed by atoms with Crippen molar-refractivity contribution in [1.29, 1.82) is 0 Å². The molecule has 0 spiro atoms. The van der Waals surface area contributed by atoms with Gasteiger partial charge in [0, 0.05) is 6.54 Å². The van der Waals surface area contributed by atoms with Crippen molar-refractivity contribution in [2.24, 2.45) is 11.7 Å². The highest BCUT2D eigenvalue weighted by Crippen LogP contribution is 2.10. The summed E-state index contributed by atoms with van der Waals surface area (Å²) in [6.07, 6.45) is 0. The van der Waals surface area contributed by atoms with Crippen LogP contribution in [0.25, 0.3) is 0 Å². The molecule has 1 atom stereocenters. The lowest BCUT2D eigenvalue weighted by Crippen LogP contribution is -2.26. The predicted octanol–water partition coefficient (Wildman–Crippen LogP) is 1.99. The van der Waals surface area contributed by atoms with Crippen LogP contribution in [0.2, 0.25) is 0 Å². The predicted molar refractivity (Wildman–Crippen MR) is 65.8 cm³/mol. The molecule has 3 N–H and O–H groups in total. The number of benzene rings is 1. The van der Waals surface area contributed by atoms with Crippen molar-refractivity contribution in [3.8, 4) is 0 Å². The van der Waals surface area contributed by atoms with E-state index in [1.165, 1.54) is 16.7 Å². The van der Waals surface area contributed by atoms with Gasteiger partial charge >= 0.3 is 0 Å². The van der Waals surface area contributed by atoms with E-state index in [1.54, 1.807) is 0 Å². The van der Waals surface area contributed by atoms with Crippen molar-refractivity contribution in [3.63, 3.8) is 0 Å². The fraction of sp³-hybridized carbons (Fsp3) is 0.538. The van der Waals surface area contributed by atoms with Crippen LogP contribution in [0.3, 0.4) is 0 Å². The minimum absolute atomic E-state index is 0.551. The fourth-order valence-electron chi connectivity index (χ4n) is 1.53. The largest absolute Gasteiger partial charge is 0.330 e. The van der Waals surface area contributed by atoms with Crippen molar-refractivity contribution in [2.45, 2.75) is 27.3 Å². The summed E-state index contributed by atoms with van der Waals surface area (Å²) >= 11 is 0. The Morgan fingerprint density at radius 1 is 1.33 bits per heavy atom. The van der Waals surface area contributed by atoms with Gasteiger partial charge in [0.05, 0.1) is 0 Å². The van der Waals surface area contributed by atoms with Crippen molar-refractivity contribution in [3.05, 3.63) is 34.9 Å². The first-order valence-corrected chi connectivity index (χ1v) is 5.60. The fourth-order valence-corrected chi connectivity index (χ4v) is 1.53. The molecule has 84 valence electrons. The van der Waals surface area contributed by atoms with Crippen LogP contribution in [0.4, 0.5) is 0 Å². The van der Waals surface area contributed by atoms with Gasteiger partial charge in [-0.2, -0.15) is 0 Å². The number of hydrogen-bond donors (Lipinski definition) is 2. The summed E-state index contributed by atoms with van der Waals surface area (Å²) in [5.41, 5.74) is 9.63. The summed E-state index contributed by atoms with van der Waals surface area (Å²) in [7, 11) is 0. The smallest absolute Gasteiger partial charge is 0.0208 e. The Kier molecular flexibility index (Phi) is 4.79. The molecule has 0 aliphatic heterocycles. The quantitative estimate of drug-likeness (QED) is 0.773. The second-order valence-electron chi connectivity index (χ2n) is 4.40. The molecule has 1 aromatic rings. The van der Waals surface area contributed by atoms with Crippen molar-refractivity contribution in [2.75, 3.05) is 13.1 Å². The van der Waals surface area contributed by atoms with Gasteiger partial charge in [0.15, 0.2) is 0 Å². The summed E-state index contributed by atoms with van der Waals surface area (Å²) in [4.78, 5) is 0. The van der Waals surface area contributed by atoms with E-state index < -0.39 is 0 Å². The molecule has 0 saturated heterocycles. The molecule has 0 fully saturated rings. The van der Waals surface area contributed by atoms with E-state index >= 15 is 0 Å². The van der Waals surface area contributed by atoms with Gasteiger partial charge in [0.1, 0.15) is 0 Å². The van der Waals surface area contributed by atoms with Crippen LogP contribution in [0.1, 0.15) is 23.6 Å². The van der Waals surface area contributed by atoms with Gasteiger partial charge in [-0.05, 0) is 44.0 Å². The van der Waals surface area contributed by atoms with Crippen LogP contribution in [0.15, 0.2) is 18.2 Å². The van der Waals surface area contributed by atoms with Crippen LogP contribution >= 0.6 is 0 Å². The molecule has 0 saturated carbocycles. The third kappa shape index (κ3) is 4.02. The molecule has 0 bridgehead atoms. The van der Waals surface area contributed by atoms with Gasteiger partial charge in [0.2, 0.25) is 0 Å². The zero-order valence-corrected chi connectivity index (χ0v) is 10.0. The van der Waals surface area contributed by atoms with E-state index in [0.717, 1.165) is 19.6 Å². The molecule has 0 aliphatic rings. The molecule has 15 heavy (non-hydrogen) atoms. The number of aryl methyl sites for hydroxylation is 2. The molecular formula is C13H22N2. The molecule has 2 nitrogen and oxygen atoms in total. The Morgan fingerprint density at radius 2 is 2.07 bits per heavy atom. The molecule has 0 heterocycles. The number of hydrogen-bond acceptors (Lipinski definition) is 2. The Labute approximate surface area is 92.9 Å². The Hall–Kier alpha value is -0.860. The lowest BCUT2D eigenvalue weighted by Gasteiger charge is -2.12. The van der Waals surface area contributed by atoms with E-state index in [4.69, 9.17) is 5.73 Å². The highest BCUT2D eigenvalue weighted by molar-refractivity contribution is 5.30. The third-order valence-corrected chi connectivity index (χ3v) is 2.72. The zero-order chi connectivity index (χ0) is 11.3. The zero-order valence-electron chi connectivity index (χ0n) is 10.0. The molecule has 2 heteroatoms. The van der Waals surface area contributed by atoms with Crippen molar-refractivity contribution < 1.29 is 0 Å². The van der Waals surface area contributed by atoms with Gasteiger partial charge in [-0.1, -0.05) is 30.7 Å². The van der Waals surface area contributed by atoms with Gasteiger partial charge in [-0.3, -0.25) is 0 Å². The Bertz CT molecular complexity index is 307. The van der Waals surface area contributed by atoms with Gasteiger partial charge in [-0.25, -0.2) is 0 Å². The number of nitrogens with one attached hydrogen (secondary N) is 1. The summed E-state index contributed by atoms with van der Waals surface area (Å²) in [5.74, 6) is 0.551. The van der Waals surface area contributed by atoms with Crippen molar-refractivity contribution >= 4 is 0 Å². The Morgan fingerprint density at radius 3 is 2.73 bits per heavy atom. The Balaban J connectivity index is 2.46. The maximum atomic E-state index is 5.57. The van der Waals surface area contributed by atoms with E-state index in [-0.39, 0.29) is 0 Å². The number of rotatable bonds is 5. The van der Waals surface area contributed by atoms with Crippen LogP contribution < -0.4 is 11.1 Å². The lowest BCUT2D eigenvalue weighted by atomic mass is 10.1. The van der Waals surface area contributed by atoms with Gasteiger partial charge in [-0.15, -0.1) is 0 Å². The first kappa shape index (κ1) is 12.2. The first-order chi connectivity index (χ1) is 7.13. The molecule has 0 aliphatic carbocycles. The van der Waals surface area contributed by atoms with Crippen LogP contribution in [0.5, 0.6) is 0 Å². The average Bonchev–Trinajstić information content (AvgIpc) is 2.23. The maximum Gasteiger partial charge on any atom is 0.0208 e. The molecule has 0 aromatic heterocycles. The number of nitrogens with two attached hydrogens (primary N) is 1. The second kappa shape index (κ2) is 5.89. The van der Waals surface area contributed by atoms with E-state index in [2.05, 4.69) is 44.3 Å². The maximum absolute atomic E-state index is 5.57. The lowest BCUT2D eigenvalue weighted by molar-refractivity contribution is 0.521. The topological polar surface area (TPSA) is 38.0 Å². The minimum atomic E-state index is 0.551. The van der Waals surface area contributed by atoms with Gasteiger partial charge < -0.3 is 11.1 Å². The second-order valence-corrected chi connectivity index (χ2v) is 4.40. The monoisotopic (exact) mass is 206 g/mol. The highest BCUT2D eigenvalue weighted by Gasteiger charge is 2.00. The summed E-state index contributed by atoms with van der Waals surface area (Å²) in [6.45, 7) is 9.13. The summed E-state index contributed by atoms with van der Waals surface area (Å²) in [5, 5.41) is 3.44. The highest BCUT2D eigenvalue weighted by atomic mass is 14.9.